The zero-order chi connectivity index (χ0) is 11.0. The second kappa shape index (κ2) is 6.83. The molecule has 0 saturated carbocycles. The molecule has 0 atom stereocenters. The molecular formula is C6H8Na2O6S2. The summed E-state index contributed by atoms with van der Waals surface area (Å²) in [5, 5.41) is 0. The van der Waals surface area contributed by atoms with Gasteiger partial charge in [0.1, 0.15) is 0 Å². The van der Waals surface area contributed by atoms with Crippen molar-refractivity contribution in [1.82, 2.24) is 0 Å². The van der Waals surface area contributed by atoms with E-state index in [1.165, 1.54) is 0 Å². The minimum atomic E-state index is -4.34. The molecule has 0 unspecified atom stereocenters. The zero-order valence-corrected chi connectivity index (χ0v) is 14.3. The predicted molar refractivity (Wildman–Crippen MR) is 48.3 cm³/mol. The van der Waals surface area contributed by atoms with E-state index >= 15 is 0 Å². The number of hydrogen-bond acceptors (Lipinski definition) is 4. The van der Waals surface area contributed by atoms with Gasteiger partial charge in [-0.3, -0.25) is 9.11 Å². The minimum absolute atomic E-state index is 0. The van der Waals surface area contributed by atoms with Gasteiger partial charge in [-0.15, -0.1) is 0 Å². The second-order valence-electron chi connectivity index (χ2n) is 2.42. The van der Waals surface area contributed by atoms with E-state index in [0.29, 0.717) is 0 Å². The van der Waals surface area contributed by atoms with Gasteiger partial charge < -0.3 is 2.85 Å². The standard InChI is InChI=1S/C6H6O6S2.2Na.2H/c7-13(8,9)5-1-2-6(4-3-5)14(10,11)12;;;;/h1-4H,(H,7,8,9)(H,10,11,12);;;;/q;2*+1;2*-1. The molecular weight excluding hydrogens is 278 g/mol. The average Bonchev–Trinajstić information content (AvgIpc) is 2.01. The van der Waals surface area contributed by atoms with Crippen molar-refractivity contribution in [3.05, 3.63) is 24.3 Å². The molecule has 0 aliphatic rings. The van der Waals surface area contributed by atoms with Crippen LogP contribution in [0.2, 0.25) is 0 Å². The van der Waals surface area contributed by atoms with Gasteiger partial charge in [0, 0.05) is 0 Å². The van der Waals surface area contributed by atoms with E-state index in [1.54, 1.807) is 0 Å². The van der Waals surface area contributed by atoms with Crippen LogP contribution in [-0.2, 0) is 20.2 Å². The van der Waals surface area contributed by atoms with Crippen molar-refractivity contribution in [2.45, 2.75) is 9.79 Å². The van der Waals surface area contributed by atoms with Crippen molar-refractivity contribution in [2.24, 2.45) is 0 Å². The summed E-state index contributed by atoms with van der Waals surface area (Å²) < 4.78 is 59.2. The number of benzene rings is 1. The summed E-state index contributed by atoms with van der Waals surface area (Å²) >= 11 is 0. The molecule has 1 aromatic carbocycles. The van der Waals surface area contributed by atoms with Gasteiger partial charge in [-0.1, -0.05) is 0 Å². The molecule has 82 valence electrons. The van der Waals surface area contributed by atoms with Crippen molar-refractivity contribution >= 4 is 20.2 Å². The van der Waals surface area contributed by atoms with Gasteiger partial charge in [0.25, 0.3) is 20.2 Å². The van der Waals surface area contributed by atoms with Crippen LogP contribution in [0.25, 0.3) is 0 Å². The molecule has 1 rings (SSSR count). The van der Waals surface area contributed by atoms with Crippen LogP contribution in [0.5, 0.6) is 0 Å². The summed E-state index contributed by atoms with van der Waals surface area (Å²) in [6, 6.07) is 3.49. The van der Waals surface area contributed by atoms with Gasteiger partial charge in [0.2, 0.25) is 0 Å². The molecule has 0 aromatic heterocycles. The van der Waals surface area contributed by atoms with Crippen molar-refractivity contribution in [1.29, 1.82) is 0 Å². The molecule has 0 heterocycles. The Bertz CT molecular complexity index is 491. The molecule has 0 bridgehead atoms. The van der Waals surface area contributed by atoms with Gasteiger partial charge in [0.05, 0.1) is 9.79 Å². The topological polar surface area (TPSA) is 109 Å². The maximum Gasteiger partial charge on any atom is 1.00 e. The molecule has 0 saturated heterocycles. The third kappa shape index (κ3) is 5.58. The van der Waals surface area contributed by atoms with Crippen LogP contribution >= 0.6 is 0 Å². The molecule has 0 aliphatic carbocycles. The first-order valence-electron chi connectivity index (χ1n) is 3.26. The van der Waals surface area contributed by atoms with E-state index in [-0.39, 0.29) is 62.0 Å². The van der Waals surface area contributed by atoms with Gasteiger partial charge in [-0.05, 0) is 24.3 Å². The molecule has 0 radical (unpaired) electrons. The molecule has 0 amide bonds. The van der Waals surface area contributed by atoms with Crippen LogP contribution in [-0.4, -0.2) is 25.9 Å². The van der Waals surface area contributed by atoms with Gasteiger partial charge >= 0.3 is 59.1 Å². The van der Waals surface area contributed by atoms with Crippen LogP contribution in [0.1, 0.15) is 2.85 Å². The maximum atomic E-state index is 10.5. The van der Waals surface area contributed by atoms with E-state index in [1.807, 2.05) is 0 Å². The van der Waals surface area contributed by atoms with Crippen molar-refractivity contribution < 1.29 is 87.9 Å². The summed E-state index contributed by atoms with van der Waals surface area (Å²) in [5.41, 5.74) is 0. The van der Waals surface area contributed by atoms with Gasteiger partial charge in [-0.25, -0.2) is 0 Å². The summed E-state index contributed by atoms with van der Waals surface area (Å²) in [5.74, 6) is 0. The molecule has 2 N–H and O–H groups in total. The molecule has 0 spiro atoms. The number of rotatable bonds is 2. The Balaban J connectivity index is -0.000000245. The fourth-order valence-corrected chi connectivity index (χ4v) is 1.74. The largest absolute Gasteiger partial charge is 1.00 e. The Hall–Kier alpha value is 1.04. The summed E-state index contributed by atoms with van der Waals surface area (Å²) in [6.07, 6.45) is 0. The number of hydrogen-bond donors (Lipinski definition) is 2. The second-order valence-corrected chi connectivity index (χ2v) is 5.26. The molecule has 0 aliphatic heterocycles. The van der Waals surface area contributed by atoms with Gasteiger partial charge in [0.15, 0.2) is 0 Å². The third-order valence-electron chi connectivity index (χ3n) is 1.42. The average molecular weight is 286 g/mol. The summed E-state index contributed by atoms with van der Waals surface area (Å²) in [6.45, 7) is 0. The van der Waals surface area contributed by atoms with Crippen LogP contribution in [0, 0.1) is 0 Å². The maximum absolute atomic E-state index is 10.5. The van der Waals surface area contributed by atoms with E-state index in [0.717, 1.165) is 24.3 Å². The summed E-state index contributed by atoms with van der Waals surface area (Å²) in [7, 11) is -8.68. The Kier molecular flexibility index (Phi) is 8.28. The van der Waals surface area contributed by atoms with E-state index < -0.39 is 30.0 Å². The van der Waals surface area contributed by atoms with E-state index in [4.69, 9.17) is 9.11 Å². The van der Waals surface area contributed by atoms with Crippen LogP contribution in [0.4, 0.5) is 0 Å². The Morgan fingerprint density at radius 2 is 0.938 bits per heavy atom. The van der Waals surface area contributed by atoms with Crippen molar-refractivity contribution in [3.8, 4) is 0 Å². The first kappa shape index (κ1) is 19.4. The van der Waals surface area contributed by atoms with Crippen molar-refractivity contribution in [3.63, 3.8) is 0 Å². The Morgan fingerprint density at radius 3 is 1.06 bits per heavy atom. The Labute approximate surface area is 140 Å². The monoisotopic (exact) mass is 286 g/mol. The van der Waals surface area contributed by atoms with Crippen molar-refractivity contribution in [2.75, 3.05) is 0 Å². The molecule has 6 nitrogen and oxygen atoms in total. The van der Waals surface area contributed by atoms with Crippen LogP contribution in [0.15, 0.2) is 34.1 Å². The first-order valence-corrected chi connectivity index (χ1v) is 6.14. The first-order chi connectivity index (χ1) is 6.21. The summed E-state index contributed by atoms with van der Waals surface area (Å²) in [4.78, 5) is -0.880. The normalized spacial score (nSPS) is 11.1. The molecule has 16 heavy (non-hydrogen) atoms. The predicted octanol–water partition coefficient (Wildman–Crippen LogP) is -5.59. The smallest absolute Gasteiger partial charge is 1.00 e. The van der Waals surface area contributed by atoms with Crippen LogP contribution < -0.4 is 59.1 Å². The fourth-order valence-electron chi connectivity index (χ4n) is 0.784. The third-order valence-corrected chi connectivity index (χ3v) is 3.16. The van der Waals surface area contributed by atoms with E-state index in [2.05, 4.69) is 0 Å². The zero-order valence-electron chi connectivity index (χ0n) is 10.7. The van der Waals surface area contributed by atoms with E-state index in [9.17, 15) is 16.8 Å². The Morgan fingerprint density at radius 1 is 0.750 bits per heavy atom. The molecule has 1 aromatic rings. The minimum Gasteiger partial charge on any atom is -1.00 e. The SMILES string of the molecule is O=S(=O)(O)c1ccc(S(=O)(=O)O)cc1.[H-].[H-].[Na+].[Na+]. The van der Waals surface area contributed by atoms with Gasteiger partial charge in [-0.2, -0.15) is 16.8 Å². The molecule has 10 heteroatoms. The fraction of sp³-hybridized carbons (Fsp3) is 0. The molecule has 0 fully saturated rings. The quantitative estimate of drug-likeness (QED) is 0.414. The van der Waals surface area contributed by atoms with Crippen LogP contribution in [0.3, 0.4) is 0 Å².